The molecule has 1 aliphatic carbocycles. The Balaban J connectivity index is 1.75. The molecule has 1 saturated heterocycles. The second-order valence-electron chi connectivity index (χ2n) is 6.18. The van der Waals surface area contributed by atoms with Gasteiger partial charge in [-0.05, 0) is 31.6 Å². The number of likely N-dealkylation sites (tertiary alicyclic amines) is 1. The molecule has 0 aromatic rings. The topological polar surface area (TPSA) is 49.4 Å². The number of nitrogens with one attached hydrogen (secondary N) is 1. The number of carbonyl (C=O) groups is 2. The maximum absolute atomic E-state index is 12.3. The van der Waals surface area contributed by atoms with E-state index in [1.807, 2.05) is 6.92 Å². The molecule has 0 aromatic heterocycles. The number of allylic oxidation sites excluding steroid dienone is 1. The standard InChI is InChI=1S/C17H28N2O2/c1-3-5-6-7-9-13-12-14(13)18-17(21)15-10-8-11-19(15)16(20)4-2/h7,9,13-15H,3-6,8,10-12H2,1-2H3,(H,18,21)/b9-7-/t13-,14-,15+/m1/s1. The molecule has 1 heterocycles. The van der Waals surface area contributed by atoms with Crippen molar-refractivity contribution in [2.24, 2.45) is 5.92 Å². The van der Waals surface area contributed by atoms with Gasteiger partial charge in [-0.25, -0.2) is 0 Å². The third-order valence-electron chi connectivity index (χ3n) is 4.45. The molecule has 0 unspecified atom stereocenters. The molecule has 3 atom stereocenters. The molecule has 1 saturated carbocycles. The summed E-state index contributed by atoms with van der Waals surface area (Å²) >= 11 is 0. The van der Waals surface area contributed by atoms with E-state index in [1.54, 1.807) is 4.90 Å². The molecule has 2 fully saturated rings. The normalized spacial score (nSPS) is 28.1. The smallest absolute Gasteiger partial charge is 0.243 e. The molecule has 0 bridgehead atoms. The van der Waals surface area contributed by atoms with Gasteiger partial charge in [-0.2, -0.15) is 0 Å². The van der Waals surface area contributed by atoms with Crippen LogP contribution in [0.1, 0.15) is 58.8 Å². The average Bonchev–Trinajstić information content (AvgIpc) is 3.03. The van der Waals surface area contributed by atoms with Crippen LogP contribution in [0, 0.1) is 5.92 Å². The van der Waals surface area contributed by atoms with Crippen molar-refractivity contribution in [1.29, 1.82) is 0 Å². The lowest BCUT2D eigenvalue weighted by Crippen LogP contribution is -2.46. The van der Waals surface area contributed by atoms with E-state index in [4.69, 9.17) is 0 Å². The first-order chi connectivity index (χ1) is 10.2. The van der Waals surface area contributed by atoms with Crippen LogP contribution in [0.3, 0.4) is 0 Å². The molecular weight excluding hydrogens is 264 g/mol. The predicted octanol–water partition coefficient (Wildman–Crippen LogP) is 2.64. The van der Waals surface area contributed by atoms with Crippen LogP contribution in [0.4, 0.5) is 0 Å². The highest BCUT2D eigenvalue weighted by Gasteiger charge is 2.40. The molecular formula is C17H28N2O2. The maximum Gasteiger partial charge on any atom is 0.243 e. The number of carbonyl (C=O) groups excluding carboxylic acids is 2. The van der Waals surface area contributed by atoms with Gasteiger partial charge in [-0.3, -0.25) is 9.59 Å². The Labute approximate surface area is 128 Å². The second kappa shape index (κ2) is 7.62. The minimum Gasteiger partial charge on any atom is -0.351 e. The van der Waals surface area contributed by atoms with Crippen molar-refractivity contribution in [2.75, 3.05) is 6.54 Å². The van der Waals surface area contributed by atoms with Crippen LogP contribution in [0.2, 0.25) is 0 Å². The summed E-state index contributed by atoms with van der Waals surface area (Å²) in [5.41, 5.74) is 0. The highest BCUT2D eigenvalue weighted by Crippen LogP contribution is 2.32. The Morgan fingerprint density at radius 2 is 2.14 bits per heavy atom. The van der Waals surface area contributed by atoms with Crippen molar-refractivity contribution in [3.8, 4) is 0 Å². The lowest BCUT2D eigenvalue weighted by molar-refractivity contribution is -0.138. The van der Waals surface area contributed by atoms with Gasteiger partial charge in [0.2, 0.25) is 11.8 Å². The number of hydrogen-bond acceptors (Lipinski definition) is 2. The van der Waals surface area contributed by atoms with Crippen LogP contribution < -0.4 is 5.32 Å². The van der Waals surface area contributed by atoms with Crippen LogP contribution in [0.5, 0.6) is 0 Å². The van der Waals surface area contributed by atoms with Crippen molar-refractivity contribution in [3.63, 3.8) is 0 Å². The van der Waals surface area contributed by atoms with E-state index in [2.05, 4.69) is 24.4 Å². The fraction of sp³-hybridized carbons (Fsp3) is 0.765. The molecule has 2 aliphatic rings. The summed E-state index contributed by atoms with van der Waals surface area (Å²) in [5.74, 6) is 0.644. The van der Waals surface area contributed by atoms with Crippen molar-refractivity contribution in [1.82, 2.24) is 10.2 Å². The summed E-state index contributed by atoms with van der Waals surface area (Å²) in [5, 5.41) is 3.11. The Morgan fingerprint density at radius 1 is 1.33 bits per heavy atom. The number of nitrogens with zero attached hydrogens (tertiary/aromatic N) is 1. The van der Waals surface area contributed by atoms with Crippen LogP contribution in [0.25, 0.3) is 0 Å². The lowest BCUT2D eigenvalue weighted by atomic mass is 10.2. The van der Waals surface area contributed by atoms with Crippen LogP contribution in [-0.4, -0.2) is 35.3 Å². The van der Waals surface area contributed by atoms with E-state index < -0.39 is 0 Å². The summed E-state index contributed by atoms with van der Waals surface area (Å²) in [6, 6.07) is 0.0531. The third kappa shape index (κ3) is 4.32. The van der Waals surface area contributed by atoms with E-state index in [9.17, 15) is 9.59 Å². The minimum atomic E-state index is -0.234. The Bertz CT molecular complexity index is 406. The quantitative estimate of drug-likeness (QED) is 0.579. The zero-order chi connectivity index (χ0) is 15.2. The Kier molecular flexibility index (Phi) is 5.83. The molecule has 4 nitrogen and oxygen atoms in total. The highest BCUT2D eigenvalue weighted by molar-refractivity contribution is 5.88. The molecule has 4 heteroatoms. The minimum absolute atomic E-state index is 0.0451. The third-order valence-corrected chi connectivity index (χ3v) is 4.45. The Morgan fingerprint density at radius 3 is 2.86 bits per heavy atom. The van der Waals surface area contributed by atoms with Gasteiger partial charge in [0.1, 0.15) is 6.04 Å². The van der Waals surface area contributed by atoms with Gasteiger partial charge in [0.25, 0.3) is 0 Å². The molecule has 0 aromatic carbocycles. The van der Waals surface area contributed by atoms with E-state index in [1.165, 1.54) is 12.8 Å². The summed E-state index contributed by atoms with van der Waals surface area (Å²) in [4.78, 5) is 25.9. The molecule has 0 spiro atoms. The van der Waals surface area contributed by atoms with E-state index >= 15 is 0 Å². The first kappa shape index (κ1) is 16.1. The zero-order valence-corrected chi connectivity index (χ0v) is 13.3. The number of rotatable bonds is 7. The van der Waals surface area contributed by atoms with Gasteiger partial charge < -0.3 is 10.2 Å². The fourth-order valence-corrected chi connectivity index (χ4v) is 3.01. The fourth-order valence-electron chi connectivity index (χ4n) is 3.01. The summed E-state index contributed by atoms with van der Waals surface area (Å²) < 4.78 is 0. The summed E-state index contributed by atoms with van der Waals surface area (Å²) in [7, 11) is 0. The zero-order valence-electron chi connectivity index (χ0n) is 13.3. The predicted molar refractivity (Wildman–Crippen MR) is 83.7 cm³/mol. The monoisotopic (exact) mass is 292 g/mol. The molecule has 2 amide bonds. The van der Waals surface area contributed by atoms with Gasteiger partial charge in [0, 0.05) is 19.0 Å². The van der Waals surface area contributed by atoms with Gasteiger partial charge in [-0.1, -0.05) is 38.8 Å². The molecule has 2 rings (SSSR count). The molecule has 1 N–H and O–H groups in total. The van der Waals surface area contributed by atoms with E-state index in [0.717, 1.165) is 32.2 Å². The summed E-state index contributed by atoms with van der Waals surface area (Å²) in [6.45, 7) is 4.78. The molecule has 21 heavy (non-hydrogen) atoms. The number of unbranched alkanes of at least 4 members (excludes halogenated alkanes) is 2. The first-order valence-corrected chi connectivity index (χ1v) is 8.43. The van der Waals surface area contributed by atoms with Crippen LogP contribution in [0.15, 0.2) is 12.2 Å². The van der Waals surface area contributed by atoms with Crippen LogP contribution >= 0.6 is 0 Å². The van der Waals surface area contributed by atoms with Gasteiger partial charge in [-0.15, -0.1) is 0 Å². The first-order valence-electron chi connectivity index (χ1n) is 8.43. The molecule has 0 radical (unpaired) electrons. The molecule has 118 valence electrons. The number of hydrogen-bond donors (Lipinski definition) is 1. The van der Waals surface area contributed by atoms with Gasteiger partial charge >= 0.3 is 0 Å². The van der Waals surface area contributed by atoms with E-state index in [-0.39, 0.29) is 23.9 Å². The van der Waals surface area contributed by atoms with Gasteiger partial charge in [0.15, 0.2) is 0 Å². The summed E-state index contributed by atoms with van der Waals surface area (Å²) in [6.07, 6.45) is 11.3. The van der Waals surface area contributed by atoms with Crippen molar-refractivity contribution in [3.05, 3.63) is 12.2 Å². The van der Waals surface area contributed by atoms with Crippen molar-refractivity contribution >= 4 is 11.8 Å². The Hall–Kier alpha value is -1.32. The van der Waals surface area contributed by atoms with Crippen LogP contribution in [-0.2, 0) is 9.59 Å². The van der Waals surface area contributed by atoms with Gasteiger partial charge in [0.05, 0.1) is 0 Å². The van der Waals surface area contributed by atoms with Crippen molar-refractivity contribution < 1.29 is 9.59 Å². The highest BCUT2D eigenvalue weighted by atomic mass is 16.2. The SMILES string of the molecule is CCCC/C=C\[C@@H]1C[C@H]1NC(=O)[C@@H]1CCCN1C(=O)CC. The molecule has 1 aliphatic heterocycles. The second-order valence-corrected chi connectivity index (χ2v) is 6.18. The van der Waals surface area contributed by atoms with E-state index in [0.29, 0.717) is 12.3 Å². The maximum atomic E-state index is 12.3. The number of amides is 2. The largest absolute Gasteiger partial charge is 0.351 e. The average molecular weight is 292 g/mol. The van der Waals surface area contributed by atoms with Crippen molar-refractivity contribution in [2.45, 2.75) is 70.9 Å². The lowest BCUT2D eigenvalue weighted by Gasteiger charge is -2.23.